The molecule has 0 aromatic carbocycles. The quantitative estimate of drug-likeness (QED) is 0.496. The monoisotopic (exact) mass is 432 g/mol. The Morgan fingerprint density at radius 3 is 1.45 bits per heavy atom. The summed E-state index contributed by atoms with van der Waals surface area (Å²) >= 11 is 0. The van der Waals surface area contributed by atoms with Crippen molar-refractivity contribution in [1.82, 2.24) is 9.80 Å². The normalized spacial score (nSPS) is 27.7. The Morgan fingerprint density at radius 1 is 0.759 bits per heavy atom. The Hall–Kier alpha value is -0.540. The highest BCUT2D eigenvalue weighted by Crippen LogP contribution is 2.32. The Kier molecular flexibility index (Phi) is 9.09. The van der Waals surface area contributed by atoms with E-state index in [0.29, 0.717) is 26.2 Å². The zero-order valence-electron chi connectivity index (χ0n) is 17.4. The summed E-state index contributed by atoms with van der Waals surface area (Å²) in [5, 5.41) is 0. The van der Waals surface area contributed by atoms with Gasteiger partial charge in [0, 0.05) is 26.2 Å². The average Bonchev–Trinajstić information content (AvgIpc) is 2.65. The summed E-state index contributed by atoms with van der Waals surface area (Å²) in [6.07, 6.45) is -9.41. The van der Waals surface area contributed by atoms with Crippen molar-refractivity contribution in [2.75, 3.05) is 39.3 Å². The molecule has 9 heteroatoms. The lowest BCUT2D eigenvalue weighted by atomic mass is 9.95. The van der Waals surface area contributed by atoms with E-state index in [-0.39, 0.29) is 11.8 Å². The first kappa shape index (κ1) is 24.7. The second-order valence-corrected chi connectivity index (χ2v) is 8.55. The zero-order chi connectivity index (χ0) is 21.7. The van der Waals surface area contributed by atoms with E-state index in [2.05, 4.69) is 0 Å². The topological polar surface area (TPSA) is 15.7 Å². The third-order valence-electron chi connectivity index (χ3n) is 6.27. The van der Waals surface area contributed by atoms with Crippen LogP contribution in [0.3, 0.4) is 0 Å². The van der Waals surface area contributed by atoms with E-state index in [4.69, 9.17) is 4.74 Å². The van der Waals surface area contributed by atoms with Gasteiger partial charge in [-0.3, -0.25) is 0 Å². The third-order valence-corrected chi connectivity index (χ3v) is 6.27. The minimum Gasteiger partial charge on any atom is -0.353 e. The van der Waals surface area contributed by atoms with Crippen molar-refractivity contribution in [1.29, 1.82) is 0 Å². The summed E-state index contributed by atoms with van der Waals surface area (Å²) in [5.41, 5.74) is 0. The minimum absolute atomic E-state index is 0.287. The van der Waals surface area contributed by atoms with Crippen LogP contribution in [0.5, 0.6) is 0 Å². The Bertz CT molecular complexity index is 443. The van der Waals surface area contributed by atoms with E-state index in [1.165, 1.54) is 0 Å². The summed E-state index contributed by atoms with van der Waals surface area (Å²) in [6.45, 7) is 4.78. The second-order valence-electron chi connectivity index (χ2n) is 8.55. The number of ether oxygens (including phenoxy) is 1. The molecular formula is C20H34F6N2O. The smallest absolute Gasteiger partial charge is 0.353 e. The van der Waals surface area contributed by atoms with Gasteiger partial charge in [0.1, 0.15) is 0 Å². The molecule has 0 N–H and O–H groups in total. The molecule has 4 unspecified atom stereocenters. The number of hydrogen-bond acceptors (Lipinski definition) is 3. The molecule has 2 aliphatic rings. The van der Waals surface area contributed by atoms with Crippen molar-refractivity contribution in [3.8, 4) is 0 Å². The molecule has 0 amide bonds. The van der Waals surface area contributed by atoms with Crippen LogP contribution >= 0.6 is 0 Å². The number of hydrogen-bond donors (Lipinski definition) is 0. The van der Waals surface area contributed by atoms with Crippen molar-refractivity contribution in [3.05, 3.63) is 0 Å². The molecule has 2 saturated heterocycles. The summed E-state index contributed by atoms with van der Waals surface area (Å²) < 4.78 is 86.2. The molecule has 172 valence electrons. The van der Waals surface area contributed by atoms with E-state index in [1.54, 1.807) is 9.80 Å². The van der Waals surface area contributed by atoms with Gasteiger partial charge in [0.15, 0.2) is 12.2 Å². The highest BCUT2D eigenvalue weighted by atomic mass is 19.4. The van der Waals surface area contributed by atoms with Crippen LogP contribution in [-0.2, 0) is 4.74 Å². The predicted molar refractivity (Wildman–Crippen MR) is 99.7 cm³/mol. The largest absolute Gasteiger partial charge is 0.415 e. The molecule has 2 aliphatic heterocycles. The van der Waals surface area contributed by atoms with Gasteiger partial charge < -0.3 is 14.5 Å². The SMILES string of the molecule is CCC1CCCN(CC(OC(CN2CCCC(CC)C2)C(F)(F)F)C(F)(F)F)C1. The number of nitrogens with zero attached hydrogens (tertiary/aromatic N) is 2. The van der Waals surface area contributed by atoms with Crippen molar-refractivity contribution < 1.29 is 31.1 Å². The van der Waals surface area contributed by atoms with E-state index >= 15 is 0 Å². The molecule has 0 aliphatic carbocycles. The molecule has 2 fully saturated rings. The van der Waals surface area contributed by atoms with Gasteiger partial charge in [0.2, 0.25) is 0 Å². The van der Waals surface area contributed by atoms with Gasteiger partial charge in [-0.2, -0.15) is 26.3 Å². The maximum atomic E-state index is 13.6. The summed E-state index contributed by atoms with van der Waals surface area (Å²) in [4.78, 5) is 3.22. The molecule has 0 bridgehead atoms. The van der Waals surface area contributed by atoms with Gasteiger partial charge in [0.05, 0.1) is 0 Å². The first-order chi connectivity index (χ1) is 13.5. The number of likely N-dealkylation sites (tertiary alicyclic amines) is 2. The van der Waals surface area contributed by atoms with Gasteiger partial charge in [-0.15, -0.1) is 0 Å². The molecule has 0 aromatic rings. The van der Waals surface area contributed by atoms with Crippen LogP contribution in [0, 0.1) is 11.8 Å². The highest BCUT2D eigenvalue weighted by Gasteiger charge is 2.50. The fourth-order valence-corrected chi connectivity index (χ4v) is 4.42. The number of rotatable bonds is 8. The van der Waals surface area contributed by atoms with Crippen LogP contribution in [0.1, 0.15) is 52.4 Å². The van der Waals surface area contributed by atoms with Crippen molar-refractivity contribution in [2.24, 2.45) is 11.8 Å². The standard InChI is InChI=1S/C20H34F6N2O/c1-3-15-7-5-9-27(11-15)13-17(19(21,22)23)29-18(20(24,25)26)14-28-10-6-8-16(4-2)12-28/h15-18H,3-14H2,1-2H3. The molecule has 29 heavy (non-hydrogen) atoms. The number of piperidine rings is 2. The van der Waals surface area contributed by atoms with Crippen LogP contribution in [-0.4, -0.2) is 73.6 Å². The molecule has 3 nitrogen and oxygen atoms in total. The van der Waals surface area contributed by atoms with Crippen molar-refractivity contribution in [2.45, 2.75) is 76.9 Å². The fourth-order valence-electron chi connectivity index (χ4n) is 4.42. The highest BCUT2D eigenvalue weighted by molar-refractivity contribution is 4.83. The van der Waals surface area contributed by atoms with Gasteiger partial charge >= 0.3 is 12.4 Å². The van der Waals surface area contributed by atoms with Crippen LogP contribution in [0.25, 0.3) is 0 Å². The van der Waals surface area contributed by atoms with Gasteiger partial charge in [-0.05, 0) is 50.6 Å². The Labute approximate surface area is 169 Å². The zero-order valence-corrected chi connectivity index (χ0v) is 17.4. The van der Waals surface area contributed by atoms with Crippen molar-refractivity contribution >= 4 is 0 Å². The molecule has 0 aromatic heterocycles. The number of alkyl halides is 6. The summed E-state index contributed by atoms with van der Waals surface area (Å²) in [7, 11) is 0. The predicted octanol–water partition coefficient (Wildman–Crippen LogP) is 5.11. The van der Waals surface area contributed by atoms with Crippen LogP contribution in [0.15, 0.2) is 0 Å². The maximum absolute atomic E-state index is 13.6. The molecule has 0 spiro atoms. The fraction of sp³-hybridized carbons (Fsp3) is 1.00. The lowest BCUT2D eigenvalue weighted by molar-refractivity contribution is -0.291. The van der Waals surface area contributed by atoms with Gasteiger partial charge in [0.25, 0.3) is 0 Å². The molecule has 0 radical (unpaired) electrons. The van der Waals surface area contributed by atoms with Crippen molar-refractivity contribution in [3.63, 3.8) is 0 Å². The molecule has 4 atom stereocenters. The molecule has 2 heterocycles. The maximum Gasteiger partial charge on any atom is 0.415 e. The van der Waals surface area contributed by atoms with E-state index in [0.717, 1.165) is 38.5 Å². The minimum atomic E-state index is -4.84. The van der Waals surface area contributed by atoms with Crippen LogP contribution in [0.2, 0.25) is 0 Å². The average molecular weight is 432 g/mol. The first-order valence-electron chi connectivity index (χ1n) is 10.8. The van der Waals surface area contributed by atoms with Gasteiger partial charge in [-0.25, -0.2) is 0 Å². The number of halogens is 6. The molecule has 2 rings (SSSR count). The van der Waals surface area contributed by atoms with E-state index in [9.17, 15) is 26.3 Å². The second kappa shape index (κ2) is 10.7. The Balaban J connectivity index is 2.05. The summed E-state index contributed by atoms with van der Waals surface area (Å²) in [5.74, 6) is 0.575. The Morgan fingerprint density at radius 2 is 1.14 bits per heavy atom. The summed E-state index contributed by atoms with van der Waals surface area (Å²) in [6, 6.07) is 0. The lowest BCUT2D eigenvalue weighted by Gasteiger charge is -2.38. The molecule has 0 saturated carbocycles. The van der Waals surface area contributed by atoms with E-state index < -0.39 is 37.7 Å². The third kappa shape index (κ3) is 7.90. The lowest BCUT2D eigenvalue weighted by Crippen LogP contribution is -2.53. The van der Waals surface area contributed by atoms with E-state index in [1.807, 2.05) is 13.8 Å². The molecular weight excluding hydrogens is 398 g/mol. The van der Waals surface area contributed by atoms with Crippen LogP contribution < -0.4 is 0 Å². The van der Waals surface area contributed by atoms with Crippen LogP contribution in [0.4, 0.5) is 26.3 Å². The van der Waals surface area contributed by atoms with Gasteiger partial charge in [-0.1, -0.05) is 26.7 Å². The first-order valence-corrected chi connectivity index (χ1v) is 10.8.